The van der Waals surface area contributed by atoms with Gasteiger partial charge in [0.15, 0.2) is 9.84 Å². The molecule has 2 aliphatic rings. The number of carbonyl (C=O) groups excluding carboxylic acids is 1. The second kappa shape index (κ2) is 7.17. The first-order valence-corrected chi connectivity index (χ1v) is 9.11. The number of rotatable bonds is 2. The Morgan fingerprint density at radius 1 is 1.35 bits per heavy atom. The van der Waals surface area contributed by atoms with Gasteiger partial charge in [0.25, 0.3) is 0 Å². The zero-order valence-electron chi connectivity index (χ0n) is 12.8. The zero-order valence-corrected chi connectivity index (χ0v) is 14.5. The number of hydrogen-bond donors (Lipinski definition) is 2. The van der Waals surface area contributed by atoms with E-state index in [1.165, 1.54) is 0 Å². The number of nitrogens with one attached hydrogen (secondary N) is 2. The molecule has 0 aromatic heterocycles. The Hall–Kier alpha value is -1.15. The van der Waals surface area contributed by atoms with Gasteiger partial charge >= 0.3 is 0 Å². The molecule has 23 heavy (non-hydrogen) atoms. The monoisotopic (exact) mass is 360 g/mol. The second-order valence-corrected chi connectivity index (χ2v) is 7.79. The molecule has 0 spiro atoms. The number of morpholine rings is 1. The summed E-state index contributed by atoms with van der Waals surface area (Å²) < 4.78 is 29.7. The predicted molar refractivity (Wildman–Crippen MR) is 88.4 cm³/mol. The molecule has 1 aromatic rings. The van der Waals surface area contributed by atoms with Crippen LogP contribution in [0.25, 0.3) is 0 Å². The number of sulfone groups is 1. The Labute approximate surface area is 142 Å². The van der Waals surface area contributed by atoms with Crippen LogP contribution in [-0.4, -0.2) is 45.4 Å². The molecule has 3 atom stereocenters. The molecular formula is C15H21ClN2O4S. The van der Waals surface area contributed by atoms with E-state index in [-0.39, 0.29) is 36.2 Å². The van der Waals surface area contributed by atoms with Crippen molar-refractivity contribution in [3.63, 3.8) is 0 Å². The van der Waals surface area contributed by atoms with Crippen LogP contribution in [0.3, 0.4) is 0 Å². The van der Waals surface area contributed by atoms with Crippen LogP contribution in [-0.2, 0) is 19.4 Å². The first kappa shape index (κ1) is 18.2. The summed E-state index contributed by atoms with van der Waals surface area (Å²) in [5, 5.41) is 6.11. The number of fused-ring (bicyclic) bond motifs is 1. The average Bonchev–Trinajstić information content (AvgIpc) is 2.51. The lowest BCUT2D eigenvalue weighted by Gasteiger charge is -2.32. The summed E-state index contributed by atoms with van der Waals surface area (Å²) in [6.45, 7) is 3.09. The van der Waals surface area contributed by atoms with Gasteiger partial charge < -0.3 is 15.4 Å². The lowest BCUT2D eigenvalue weighted by molar-refractivity contribution is -0.129. The maximum atomic E-state index is 12.4. The fourth-order valence-electron chi connectivity index (χ4n) is 3.03. The van der Waals surface area contributed by atoms with Crippen LogP contribution >= 0.6 is 12.4 Å². The standard InChI is InChI=1S/C15H20N2O4S.ClH/c1-10-14(16-7-8-21-10)15(18)17-12-6-9-22(19,20)13-5-3-2-4-11(12)13;/h2-5,10,12,14,16H,6-9H2,1H3,(H,17,18);1H/t10-,12?,14+;/m1./s1. The van der Waals surface area contributed by atoms with E-state index in [4.69, 9.17) is 4.74 Å². The molecule has 0 radical (unpaired) electrons. The lowest BCUT2D eigenvalue weighted by Crippen LogP contribution is -2.56. The number of ether oxygens (including phenoxy) is 1. The van der Waals surface area contributed by atoms with Gasteiger partial charge in [-0.15, -0.1) is 12.4 Å². The number of hydrogen-bond acceptors (Lipinski definition) is 5. The first-order valence-electron chi connectivity index (χ1n) is 7.46. The molecule has 0 bridgehead atoms. The third-order valence-electron chi connectivity index (χ3n) is 4.22. The minimum absolute atomic E-state index is 0. The second-order valence-electron chi connectivity index (χ2n) is 5.71. The Bertz CT molecular complexity index is 680. The van der Waals surface area contributed by atoms with Gasteiger partial charge in [-0.2, -0.15) is 0 Å². The molecule has 6 nitrogen and oxygen atoms in total. The summed E-state index contributed by atoms with van der Waals surface area (Å²) in [5.74, 6) is -0.0923. The van der Waals surface area contributed by atoms with Crippen LogP contribution < -0.4 is 10.6 Å². The number of benzene rings is 1. The Morgan fingerprint density at radius 2 is 2.09 bits per heavy atom. The molecule has 1 unspecified atom stereocenters. The van der Waals surface area contributed by atoms with E-state index >= 15 is 0 Å². The largest absolute Gasteiger partial charge is 0.375 e. The van der Waals surface area contributed by atoms with Crippen molar-refractivity contribution in [1.82, 2.24) is 10.6 Å². The van der Waals surface area contributed by atoms with Crippen molar-refractivity contribution in [1.29, 1.82) is 0 Å². The van der Waals surface area contributed by atoms with Crippen LogP contribution in [0.15, 0.2) is 29.2 Å². The van der Waals surface area contributed by atoms with Crippen molar-refractivity contribution >= 4 is 28.2 Å². The SMILES string of the molecule is C[C@H]1OCCN[C@@H]1C(=O)NC1CCS(=O)(=O)c2ccccc21.Cl. The normalized spacial score (nSPS) is 29.0. The van der Waals surface area contributed by atoms with E-state index in [0.717, 1.165) is 0 Å². The highest BCUT2D eigenvalue weighted by atomic mass is 35.5. The summed E-state index contributed by atoms with van der Waals surface area (Å²) >= 11 is 0. The van der Waals surface area contributed by atoms with Crippen molar-refractivity contribution in [2.45, 2.75) is 36.4 Å². The fraction of sp³-hybridized carbons (Fsp3) is 0.533. The maximum Gasteiger partial charge on any atom is 0.240 e. The van der Waals surface area contributed by atoms with E-state index in [2.05, 4.69) is 10.6 Å². The highest BCUT2D eigenvalue weighted by molar-refractivity contribution is 7.91. The lowest BCUT2D eigenvalue weighted by atomic mass is 10.0. The van der Waals surface area contributed by atoms with E-state index in [0.29, 0.717) is 30.0 Å². The summed E-state index contributed by atoms with van der Waals surface area (Å²) in [5.41, 5.74) is 0.673. The molecule has 1 amide bonds. The third-order valence-corrected chi connectivity index (χ3v) is 6.04. The smallest absolute Gasteiger partial charge is 0.240 e. The van der Waals surface area contributed by atoms with Crippen molar-refractivity contribution in [2.24, 2.45) is 0 Å². The van der Waals surface area contributed by atoms with Crippen molar-refractivity contribution in [3.8, 4) is 0 Å². The van der Waals surface area contributed by atoms with Crippen LogP contribution in [0.5, 0.6) is 0 Å². The summed E-state index contributed by atoms with van der Waals surface area (Å²) in [7, 11) is -3.24. The van der Waals surface area contributed by atoms with Gasteiger partial charge in [-0.3, -0.25) is 4.79 Å². The van der Waals surface area contributed by atoms with E-state index in [1.807, 2.05) is 6.92 Å². The molecule has 3 rings (SSSR count). The molecule has 128 valence electrons. The van der Waals surface area contributed by atoms with Crippen LogP contribution in [0.1, 0.15) is 24.9 Å². The average molecular weight is 361 g/mol. The minimum Gasteiger partial charge on any atom is -0.375 e. The van der Waals surface area contributed by atoms with Crippen LogP contribution in [0.4, 0.5) is 0 Å². The van der Waals surface area contributed by atoms with Gasteiger partial charge in [0.1, 0.15) is 6.04 Å². The third kappa shape index (κ3) is 3.68. The molecule has 0 aliphatic carbocycles. The van der Waals surface area contributed by atoms with Crippen molar-refractivity contribution in [2.75, 3.05) is 18.9 Å². The number of halogens is 1. The molecule has 1 saturated heterocycles. The first-order chi connectivity index (χ1) is 10.5. The minimum atomic E-state index is -3.24. The Kier molecular flexibility index (Phi) is 5.67. The zero-order chi connectivity index (χ0) is 15.7. The maximum absolute atomic E-state index is 12.4. The van der Waals surface area contributed by atoms with E-state index in [9.17, 15) is 13.2 Å². The van der Waals surface area contributed by atoms with Gasteiger partial charge in [0.2, 0.25) is 5.91 Å². The van der Waals surface area contributed by atoms with Crippen molar-refractivity contribution in [3.05, 3.63) is 29.8 Å². The summed E-state index contributed by atoms with van der Waals surface area (Å²) in [6, 6.07) is 6.20. The summed E-state index contributed by atoms with van der Waals surface area (Å²) in [6.07, 6.45) is 0.198. The van der Waals surface area contributed by atoms with E-state index in [1.54, 1.807) is 24.3 Å². The van der Waals surface area contributed by atoms with Crippen molar-refractivity contribution < 1.29 is 17.9 Å². The summed E-state index contributed by atoms with van der Waals surface area (Å²) in [4.78, 5) is 12.8. The number of amides is 1. The molecule has 8 heteroatoms. The van der Waals surface area contributed by atoms with Gasteiger partial charge in [-0.25, -0.2) is 8.42 Å². The van der Waals surface area contributed by atoms with E-state index < -0.39 is 15.9 Å². The quantitative estimate of drug-likeness (QED) is 0.815. The van der Waals surface area contributed by atoms with Gasteiger partial charge in [0.05, 0.1) is 29.4 Å². The van der Waals surface area contributed by atoms with Crippen LogP contribution in [0.2, 0.25) is 0 Å². The highest BCUT2D eigenvalue weighted by Gasteiger charge is 2.34. The molecule has 2 heterocycles. The molecular weight excluding hydrogens is 340 g/mol. The van der Waals surface area contributed by atoms with Gasteiger partial charge in [-0.1, -0.05) is 18.2 Å². The molecule has 2 N–H and O–H groups in total. The topological polar surface area (TPSA) is 84.5 Å². The highest BCUT2D eigenvalue weighted by Crippen LogP contribution is 2.31. The molecule has 1 aromatic carbocycles. The Morgan fingerprint density at radius 3 is 2.83 bits per heavy atom. The molecule has 2 aliphatic heterocycles. The van der Waals surface area contributed by atoms with Gasteiger partial charge in [-0.05, 0) is 25.0 Å². The number of carbonyl (C=O) groups is 1. The fourth-order valence-corrected chi connectivity index (χ4v) is 4.65. The Balaban J connectivity index is 0.00000192. The van der Waals surface area contributed by atoms with Crippen LogP contribution in [0, 0.1) is 0 Å². The van der Waals surface area contributed by atoms with Gasteiger partial charge in [0, 0.05) is 6.54 Å². The predicted octanol–water partition coefficient (Wildman–Crippen LogP) is 0.820. The molecule has 1 fully saturated rings. The molecule has 0 saturated carbocycles.